The first-order chi connectivity index (χ1) is 32.9. The summed E-state index contributed by atoms with van der Waals surface area (Å²) >= 11 is 3.06. The van der Waals surface area contributed by atoms with Crippen LogP contribution < -0.4 is 14.7 Å². The molecule has 16 heteroatoms. The molecular formula is C52H40N12O2S2. The van der Waals surface area contributed by atoms with Gasteiger partial charge in [0.1, 0.15) is 34.2 Å². The highest BCUT2D eigenvalue weighted by Crippen LogP contribution is 2.40. The predicted octanol–water partition coefficient (Wildman–Crippen LogP) is 11.0. The maximum absolute atomic E-state index is 11.4. The summed E-state index contributed by atoms with van der Waals surface area (Å²) in [6.07, 6.45) is 5.55. The van der Waals surface area contributed by atoms with Gasteiger partial charge in [-0.2, -0.15) is 5.26 Å². The summed E-state index contributed by atoms with van der Waals surface area (Å²) in [7, 11) is 12.1. The average Bonchev–Trinajstić information content (AvgIpc) is 4.20. The number of nitrogens with zero attached hydrogens (tertiary/aromatic N) is 10. The maximum atomic E-state index is 11.4. The molecule has 0 aliphatic carbocycles. The number of hydrogen-bond acceptors (Lipinski definition) is 13. The van der Waals surface area contributed by atoms with E-state index in [1.54, 1.807) is 17.4 Å². The molecule has 332 valence electrons. The Morgan fingerprint density at radius 3 is 1.51 bits per heavy atom. The van der Waals surface area contributed by atoms with Gasteiger partial charge in [0.25, 0.3) is 0 Å². The number of H-pyrrole nitrogens is 2. The summed E-state index contributed by atoms with van der Waals surface area (Å²) in [6, 6.07) is 34.6. The molecule has 0 atom stereocenters. The second-order valence-electron chi connectivity index (χ2n) is 17.0. The Hall–Kier alpha value is -8.52. The first kappa shape index (κ1) is 42.1. The molecule has 11 rings (SSSR count). The van der Waals surface area contributed by atoms with E-state index in [1.807, 2.05) is 60.5 Å². The lowest BCUT2D eigenvalue weighted by molar-refractivity contribution is -0.132. The van der Waals surface area contributed by atoms with E-state index >= 15 is 0 Å². The van der Waals surface area contributed by atoms with Gasteiger partial charge in [0, 0.05) is 123 Å². The highest BCUT2D eigenvalue weighted by atomic mass is 32.1. The van der Waals surface area contributed by atoms with Crippen LogP contribution in [0.25, 0.3) is 118 Å². The zero-order chi connectivity index (χ0) is 47.0. The van der Waals surface area contributed by atoms with Crippen LogP contribution in [0.5, 0.6) is 0 Å². The summed E-state index contributed by atoms with van der Waals surface area (Å²) in [4.78, 5) is 59.8. The van der Waals surface area contributed by atoms with Crippen molar-refractivity contribution in [2.75, 3.05) is 57.0 Å². The van der Waals surface area contributed by atoms with Gasteiger partial charge in [0.2, 0.25) is 0 Å². The number of benzene rings is 4. The van der Waals surface area contributed by atoms with Crippen molar-refractivity contribution in [3.63, 3.8) is 0 Å². The van der Waals surface area contributed by atoms with Crippen molar-refractivity contribution in [2.45, 2.75) is 0 Å². The molecule has 0 saturated heterocycles. The Labute approximate surface area is 397 Å². The number of aromatic amines is 2. The number of hydrogen-bond donors (Lipinski definition) is 3. The average molecular weight is 929 g/mol. The molecule has 5 aromatic heterocycles. The smallest absolute Gasteiger partial charge is 0.346 e. The largest absolute Gasteiger partial charge is 0.477 e. The lowest BCUT2D eigenvalue weighted by Gasteiger charge is -2.13. The molecule has 7 heterocycles. The number of carboxylic acids is 1. The van der Waals surface area contributed by atoms with Gasteiger partial charge in [-0.1, -0.05) is 12.1 Å². The Bertz CT molecular complexity index is 3850. The van der Waals surface area contributed by atoms with Gasteiger partial charge in [0.05, 0.1) is 0 Å². The lowest BCUT2D eigenvalue weighted by Crippen LogP contribution is -2.08. The number of aromatic nitrogens is 8. The zero-order valence-electron chi connectivity index (χ0n) is 37.6. The van der Waals surface area contributed by atoms with E-state index in [0.717, 1.165) is 81.1 Å². The molecule has 2 aliphatic rings. The van der Waals surface area contributed by atoms with Crippen molar-refractivity contribution in [3.8, 4) is 61.4 Å². The van der Waals surface area contributed by atoms with Crippen LogP contribution >= 0.6 is 22.7 Å². The number of nitriles is 1. The quantitative estimate of drug-likeness (QED) is 0.0971. The van der Waals surface area contributed by atoms with Gasteiger partial charge in [-0.15, -0.1) is 22.7 Å². The fourth-order valence-electron chi connectivity index (χ4n) is 8.31. The Morgan fingerprint density at radius 2 is 0.985 bits per heavy atom. The summed E-state index contributed by atoms with van der Waals surface area (Å²) in [5.41, 5.74) is 9.55. The number of aliphatic carboxylic acids is 1. The summed E-state index contributed by atoms with van der Waals surface area (Å²) in [5, 5.41) is 22.0. The number of nitrogens with one attached hydrogen (secondary N) is 2. The van der Waals surface area contributed by atoms with Crippen LogP contribution in [-0.4, -0.2) is 93.2 Å². The number of rotatable bonds is 8. The molecule has 0 radical (unpaired) electrons. The summed E-state index contributed by atoms with van der Waals surface area (Å²) < 4.78 is 0. The first-order valence-corrected chi connectivity index (χ1v) is 23.1. The van der Waals surface area contributed by atoms with E-state index in [-0.39, 0.29) is 5.57 Å². The number of fused-ring (bicyclic) bond motifs is 20. The molecule has 0 saturated carbocycles. The van der Waals surface area contributed by atoms with E-state index in [2.05, 4.69) is 116 Å². The van der Waals surface area contributed by atoms with Crippen LogP contribution in [0.1, 0.15) is 15.3 Å². The van der Waals surface area contributed by atoms with E-state index in [1.165, 1.54) is 17.4 Å². The normalized spacial score (nSPS) is 12.1. The van der Waals surface area contributed by atoms with Crippen LogP contribution in [0.2, 0.25) is 0 Å². The van der Waals surface area contributed by atoms with Crippen LogP contribution in [0.15, 0.2) is 103 Å². The van der Waals surface area contributed by atoms with Crippen LogP contribution in [0.3, 0.4) is 0 Å². The van der Waals surface area contributed by atoms with Crippen molar-refractivity contribution in [1.29, 1.82) is 5.26 Å². The van der Waals surface area contributed by atoms with E-state index in [4.69, 9.17) is 29.9 Å². The Balaban J connectivity index is 1.12. The van der Waals surface area contributed by atoms with Crippen LogP contribution in [-0.2, 0) is 4.79 Å². The molecular weight excluding hydrogens is 889 g/mol. The van der Waals surface area contributed by atoms with E-state index in [9.17, 15) is 15.2 Å². The van der Waals surface area contributed by atoms with Crippen LogP contribution in [0, 0.1) is 11.3 Å². The number of carboxylic acid groups (broad SMARTS) is 1. The Morgan fingerprint density at radius 1 is 0.529 bits per heavy atom. The monoisotopic (exact) mass is 928 g/mol. The standard InChI is InChI=1S/C52H40N12O2S2/c1-62(2)29-9-16-35-39(23-29)50-57-45(35)55-48-38-21-27(7-12-32-13-19-42(67-32)43-20-14-33(68-43)22-28(26-53)52(65)66)8-15-34(38)44(54-48)56-49-40-24-30(63(3)4)10-17-36(40)46(58-49)60-51-41-25-31(64(5)6)11-18-37(41)47(59-50)61-51/h7-25H,1-6H3,(H,65,66)(H2,54,55,56,57,58,59,60,61)/b12-7+,28-22-. The zero-order valence-corrected chi connectivity index (χ0v) is 39.2. The molecule has 8 bridgehead atoms. The van der Waals surface area contributed by atoms with E-state index in [0.29, 0.717) is 50.8 Å². The minimum Gasteiger partial charge on any atom is -0.477 e. The molecule has 0 unspecified atom stereocenters. The fourth-order valence-corrected chi connectivity index (χ4v) is 10.3. The molecule has 0 amide bonds. The second-order valence-corrected chi connectivity index (χ2v) is 19.2. The fraction of sp³-hybridized carbons (Fsp3) is 0.115. The predicted molar refractivity (Wildman–Crippen MR) is 277 cm³/mol. The number of anilines is 3. The molecule has 9 aromatic rings. The third kappa shape index (κ3) is 7.49. The third-order valence-corrected chi connectivity index (χ3v) is 14.2. The molecule has 14 nitrogen and oxygen atoms in total. The first-order valence-electron chi connectivity index (χ1n) is 21.5. The molecule has 0 fully saturated rings. The molecule has 0 spiro atoms. The number of carbonyl (C=O) groups is 1. The van der Waals surface area contributed by atoms with Crippen molar-refractivity contribution in [3.05, 3.63) is 118 Å². The van der Waals surface area contributed by atoms with Crippen LogP contribution in [0.4, 0.5) is 17.1 Å². The minimum absolute atomic E-state index is 0.300. The van der Waals surface area contributed by atoms with Crippen molar-refractivity contribution < 1.29 is 9.90 Å². The highest BCUT2D eigenvalue weighted by Gasteiger charge is 2.24. The van der Waals surface area contributed by atoms with Crippen molar-refractivity contribution >= 4 is 108 Å². The summed E-state index contributed by atoms with van der Waals surface area (Å²) in [5.74, 6) is 0.851. The van der Waals surface area contributed by atoms with Gasteiger partial charge in [0.15, 0.2) is 23.3 Å². The highest BCUT2D eigenvalue weighted by molar-refractivity contribution is 7.23. The minimum atomic E-state index is -1.24. The van der Waals surface area contributed by atoms with Crippen molar-refractivity contribution in [1.82, 2.24) is 39.9 Å². The SMILES string of the molecule is CN(C)c1ccc2c(c1)-c1nc-2nc2[nH]c(nc3nc(nc4[nH]c(n1)c1ccc(/C=C/c5ccc(-c6ccc(/C=C(/C#N)C(=O)O)s6)s5)cc41)-c1ccc(N(C)C)cc1-3)c1ccc(N(C)C)cc21. The van der Waals surface area contributed by atoms with Gasteiger partial charge in [-0.25, -0.2) is 34.7 Å². The molecule has 2 aliphatic heterocycles. The topological polar surface area (TPSA) is 180 Å². The van der Waals surface area contributed by atoms with E-state index < -0.39 is 5.97 Å². The van der Waals surface area contributed by atoms with Gasteiger partial charge in [-0.3, -0.25) is 0 Å². The third-order valence-electron chi connectivity index (χ3n) is 11.9. The molecule has 68 heavy (non-hydrogen) atoms. The second kappa shape index (κ2) is 16.4. The lowest BCUT2D eigenvalue weighted by atomic mass is 10.1. The summed E-state index contributed by atoms with van der Waals surface area (Å²) in [6.45, 7) is 0. The Kier molecular flexibility index (Phi) is 10.2. The van der Waals surface area contributed by atoms with Gasteiger partial charge >= 0.3 is 5.97 Å². The van der Waals surface area contributed by atoms with Crippen molar-refractivity contribution in [2.24, 2.45) is 0 Å². The molecule has 4 aromatic carbocycles. The molecule has 3 N–H and O–H groups in total. The number of thiophene rings is 2. The van der Waals surface area contributed by atoms with Gasteiger partial charge < -0.3 is 29.8 Å². The van der Waals surface area contributed by atoms with Gasteiger partial charge in [-0.05, 0) is 109 Å². The maximum Gasteiger partial charge on any atom is 0.346 e.